The first-order valence-electron chi connectivity index (χ1n) is 12.7. The maximum Gasteiger partial charge on any atom is 0.416 e. The summed E-state index contributed by atoms with van der Waals surface area (Å²) in [7, 11) is 0. The number of carbonyl (C=O) groups excluding carboxylic acids is 1. The molecule has 0 aliphatic heterocycles. The number of hydrogen-bond donors (Lipinski definition) is 0. The van der Waals surface area contributed by atoms with E-state index in [1.54, 1.807) is 20.8 Å². The number of para-hydroxylation sites is 1. The average molecular weight is 555 g/mol. The van der Waals surface area contributed by atoms with Gasteiger partial charge in [0.1, 0.15) is 5.60 Å². The predicted molar refractivity (Wildman–Crippen MR) is 137 cm³/mol. The SMILES string of the molecule is CCCCCc1nc2ccccc2cc1CN(Cc1cc(C(F)(F)F)cc(C(F)(F)F)c1)C(=O)OC(C)(C)C. The lowest BCUT2D eigenvalue weighted by Crippen LogP contribution is -2.36. The van der Waals surface area contributed by atoms with E-state index in [0.717, 1.165) is 40.8 Å². The first-order valence-corrected chi connectivity index (χ1v) is 12.7. The van der Waals surface area contributed by atoms with E-state index in [0.29, 0.717) is 24.1 Å². The number of unbranched alkanes of at least 4 members (excludes halogenated alkanes) is 2. The van der Waals surface area contributed by atoms with Crippen LogP contribution < -0.4 is 0 Å². The van der Waals surface area contributed by atoms with Gasteiger partial charge in [0.05, 0.1) is 23.2 Å². The molecule has 1 aromatic heterocycles. The van der Waals surface area contributed by atoms with Gasteiger partial charge < -0.3 is 4.74 Å². The Bertz CT molecular complexity index is 1260. The maximum absolute atomic E-state index is 13.5. The summed E-state index contributed by atoms with van der Waals surface area (Å²) < 4.78 is 86.3. The quantitative estimate of drug-likeness (QED) is 0.206. The summed E-state index contributed by atoms with van der Waals surface area (Å²) in [5, 5.41) is 0.800. The number of nitrogens with zero attached hydrogens (tertiary/aromatic N) is 2. The van der Waals surface area contributed by atoms with Crippen LogP contribution in [0.4, 0.5) is 31.1 Å². The van der Waals surface area contributed by atoms with Crippen molar-refractivity contribution in [2.24, 2.45) is 0 Å². The second-order valence-corrected chi connectivity index (χ2v) is 10.5. The Morgan fingerprint density at radius 3 is 2.05 bits per heavy atom. The number of halogens is 6. The zero-order chi connectivity index (χ0) is 29.0. The minimum atomic E-state index is -5.00. The van der Waals surface area contributed by atoms with Gasteiger partial charge in [-0.2, -0.15) is 26.3 Å². The summed E-state index contributed by atoms with van der Waals surface area (Å²) in [4.78, 5) is 19.1. The molecule has 39 heavy (non-hydrogen) atoms. The molecule has 2 aromatic carbocycles. The summed E-state index contributed by atoms with van der Waals surface area (Å²) in [6, 6.07) is 10.6. The molecule has 1 heterocycles. The Hall–Kier alpha value is -3.30. The van der Waals surface area contributed by atoms with Crippen LogP contribution in [-0.4, -0.2) is 21.6 Å². The van der Waals surface area contributed by atoms with Gasteiger partial charge in [0.25, 0.3) is 0 Å². The molecule has 0 saturated carbocycles. The van der Waals surface area contributed by atoms with Gasteiger partial charge >= 0.3 is 18.4 Å². The molecule has 0 aliphatic rings. The Labute approximate surface area is 224 Å². The smallest absolute Gasteiger partial charge is 0.416 e. The number of amides is 1. The summed E-state index contributed by atoms with van der Waals surface area (Å²) in [5.41, 5.74) is -2.01. The second-order valence-electron chi connectivity index (χ2n) is 10.5. The normalized spacial score (nSPS) is 12.6. The lowest BCUT2D eigenvalue weighted by molar-refractivity contribution is -0.143. The molecular weight excluding hydrogens is 522 g/mol. The topological polar surface area (TPSA) is 42.4 Å². The van der Waals surface area contributed by atoms with E-state index in [1.807, 2.05) is 30.3 Å². The summed E-state index contributed by atoms with van der Waals surface area (Å²) in [6.45, 7) is 6.31. The van der Waals surface area contributed by atoms with Crippen LogP contribution in [0.1, 0.15) is 74.9 Å². The molecule has 0 aliphatic carbocycles. The first-order chi connectivity index (χ1) is 18.1. The zero-order valence-electron chi connectivity index (χ0n) is 22.3. The number of rotatable bonds is 8. The fourth-order valence-electron chi connectivity index (χ4n) is 4.14. The maximum atomic E-state index is 13.5. The molecule has 0 bridgehead atoms. The fourth-order valence-corrected chi connectivity index (χ4v) is 4.14. The third-order valence-corrected chi connectivity index (χ3v) is 5.94. The number of aromatic nitrogens is 1. The van der Waals surface area contributed by atoms with Crippen molar-refractivity contribution in [1.82, 2.24) is 9.88 Å². The number of alkyl halides is 6. The lowest BCUT2D eigenvalue weighted by Gasteiger charge is -2.28. The Kier molecular flexibility index (Phi) is 9.18. The molecule has 212 valence electrons. The average Bonchev–Trinajstić information content (AvgIpc) is 2.81. The third kappa shape index (κ3) is 8.60. The van der Waals surface area contributed by atoms with Crippen molar-refractivity contribution in [3.8, 4) is 0 Å². The molecule has 0 unspecified atom stereocenters. The second kappa shape index (κ2) is 11.8. The highest BCUT2D eigenvalue weighted by Crippen LogP contribution is 2.37. The number of benzene rings is 2. The van der Waals surface area contributed by atoms with Crippen LogP contribution in [0.5, 0.6) is 0 Å². The first kappa shape index (κ1) is 30.2. The van der Waals surface area contributed by atoms with Crippen molar-refractivity contribution in [2.45, 2.75) is 84.4 Å². The molecule has 0 saturated heterocycles. The molecule has 0 radical (unpaired) electrons. The number of hydrogen-bond acceptors (Lipinski definition) is 3. The Balaban J connectivity index is 2.07. The highest BCUT2D eigenvalue weighted by atomic mass is 19.4. The van der Waals surface area contributed by atoms with Gasteiger partial charge in [-0.3, -0.25) is 9.88 Å². The standard InChI is InChI=1S/C29H32F6N2O2/c1-5-6-7-11-25-21(15-20-10-8-9-12-24(20)36-25)18-37(26(38)39-27(2,3)4)17-19-13-22(28(30,31)32)16-23(14-19)29(33,34)35/h8-10,12-16H,5-7,11,17-18H2,1-4H3. The summed E-state index contributed by atoms with van der Waals surface area (Å²) >= 11 is 0. The molecule has 0 fully saturated rings. The van der Waals surface area contributed by atoms with Gasteiger partial charge in [0.15, 0.2) is 0 Å². The van der Waals surface area contributed by atoms with Crippen molar-refractivity contribution in [1.29, 1.82) is 0 Å². The van der Waals surface area contributed by atoms with Crippen LogP contribution in [0.15, 0.2) is 48.5 Å². The predicted octanol–water partition coefficient (Wildman–Crippen LogP) is 8.94. The van der Waals surface area contributed by atoms with Crippen molar-refractivity contribution in [3.05, 3.63) is 76.5 Å². The molecule has 10 heteroatoms. The van der Waals surface area contributed by atoms with Gasteiger partial charge in [-0.15, -0.1) is 0 Å². The molecule has 0 N–H and O–H groups in total. The molecule has 4 nitrogen and oxygen atoms in total. The summed E-state index contributed by atoms with van der Waals surface area (Å²) in [5.74, 6) is 0. The van der Waals surface area contributed by atoms with E-state index in [1.165, 1.54) is 0 Å². The summed E-state index contributed by atoms with van der Waals surface area (Å²) in [6.07, 6.45) is -7.48. The largest absolute Gasteiger partial charge is 0.444 e. The van der Waals surface area contributed by atoms with Crippen LogP contribution in [0, 0.1) is 0 Å². The van der Waals surface area contributed by atoms with E-state index in [9.17, 15) is 31.1 Å². The Morgan fingerprint density at radius 2 is 1.49 bits per heavy atom. The van der Waals surface area contributed by atoms with Crippen LogP contribution in [-0.2, 0) is 36.6 Å². The van der Waals surface area contributed by atoms with E-state index >= 15 is 0 Å². The van der Waals surface area contributed by atoms with Gasteiger partial charge in [-0.25, -0.2) is 4.79 Å². The van der Waals surface area contributed by atoms with Crippen molar-refractivity contribution in [3.63, 3.8) is 0 Å². The fraction of sp³-hybridized carbons (Fsp3) is 0.448. The third-order valence-electron chi connectivity index (χ3n) is 5.94. The van der Waals surface area contributed by atoms with Gasteiger partial charge in [0.2, 0.25) is 0 Å². The highest BCUT2D eigenvalue weighted by Gasteiger charge is 2.37. The van der Waals surface area contributed by atoms with Crippen molar-refractivity contribution < 1.29 is 35.9 Å². The van der Waals surface area contributed by atoms with Crippen LogP contribution >= 0.6 is 0 Å². The van der Waals surface area contributed by atoms with Gasteiger partial charge in [-0.05, 0) is 75.1 Å². The number of fused-ring (bicyclic) bond motifs is 1. The number of carbonyl (C=O) groups is 1. The van der Waals surface area contributed by atoms with E-state index < -0.39 is 41.7 Å². The van der Waals surface area contributed by atoms with Gasteiger partial charge in [0, 0.05) is 17.6 Å². The van der Waals surface area contributed by atoms with E-state index in [4.69, 9.17) is 9.72 Å². The molecular formula is C29H32F6N2O2. The van der Waals surface area contributed by atoms with Crippen molar-refractivity contribution in [2.75, 3.05) is 0 Å². The monoisotopic (exact) mass is 554 g/mol. The zero-order valence-corrected chi connectivity index (χ0v) is 22.3. The minimum absolute atomic E-state index is 0.0698. The van der Waals surface area contributed by atoms with Crippen LogP contribution in [0.3, 0.4) is 0 Å². The van der Waals surface area contributed by atoms with E-state index in [-0.39, 0.29) is 18.2 Å². The van der Waals surface area contributed by atoms with Crippen LogP contribution in [0.2, 0.25) is 0 Å². The minimum Gasteiger partial charge on any atom is -0.444 e. The van der Waals surface area contributed by atoms with Crippen LogP contribution in [0.25, 0.3) is 10.9 Å². The van der Waals surface area contributed by atoms with Crippen molar-refractivity contribution >= 4 is 17.0 Å². The number of pyridine rings is 1. The highest BCUT2D eigenvalue weighted by molar-refractivity contribution is 5.79. The molecule has 1 amide bonds. The number of ether oxygens (including phenoxy) is 1. The molecule has 3 rings (SSSR count). The van der Waals surface area contributed by atoms with Gasteiger partial charge in [-0.1, -0.05) is 38.0 Å². The number of aryl methyl sites for hydroxylation is 1. The lowest BCUT2D eigenvalue weighted by atomic mass is 10.0. The molecule has 0 atom stereocenters. The Morgan fingerprint density at radius 1 is 0.872 bits per heavy atom. The molecule has 0 spiro atoms. The molecule has 3 aromatic rings. The van der Waals surface area contributed by atoms with E-state index in [2.05, 4.69) is 6.92 Å².